The van der Waals surface area contributed by atoms with Crippen LogP contribution in [0.1, 0.15) is 42.6 Å². The summed E-state index contributed by atoms with van der Waals surface area (Å²) in [5.41, 5.74) is 2.10. The molecule has 0 aliphatic carbocycles. The Hall–Kier alpha value is -1.26. The molecule has 0 spiro atoms. The summed E-state index contributed by atoms with van der Waals surface area (Å²) in [4.78, 5) is 0. The SMILES string of the molecule is CC(C)c1ccc(C(O)c2ccc(F)c(F)c2Br)cc1. The van der Waals surface area contributed by atoms with Crippen molar-refractivity contribution in [3.05, 3.63) is 69.2 Å². The highest BCUT2D eigenvalue weighted by atomic mass is 79.9. The minimum Gasteiger partial charge on any atom is -0.384 e. The molecule has 0 aromatic heterocycles. The van der Waals surface area contributed by atoms with Crippen LogP contribution in [-0.2, 0) is 0 Å². The molecule has 0 fully saturated rings. The molecule has 0 bridgehead atoms. The van der Waals surface area contributed by atoms with Gasteiger partial charge in [0.25, 0.3) is 0 Å². The molecule has 0 amide bonds. The first-order valence-electron chi connectivity index (χ1n) is 6.33. The van der Waals surface area contributed by atoms with Gasteiger partial charge in [0.2, 0.25) is 0 Å². The minimum atomic E-state index is -0.999. The topological polar surface area (TPSA) is 20.2 Å². The van der Waals surface area contributed by atoms with Gasteiger partial charge in [-0.25, -0.2) is 8.78 Å². The van der Waals surface area contributed by atoms with E-state index in [0.717, 1.165) is 11.6 Å². The standard InChI is InChI=1S/C16H15BrF2O/c1-9(2)10-3-5-11(6-4-10)16(20)12-7-8-13(18)15(19)14(12)17/h3-9,16,20H,1-2H3. The van der Waals surface area contributed by atoms with Gasteiger partial charge in [-0.3, -0.25) is 0 Å². The van der Waals surface area contributed by atoms with E-state index in [-0.39, 0.29) is 4.47 Å². The Morgan fingerprint density at radius 1 is 0.950 bits per heavy atom. The van der Waals surface area contributed by atoms with Gasteiger partial charge in [0.05, 0.1) is 4.47 Å². The molecule has 0 aliphatic heterocycles. The Bertz CT molecular complexity index is 609. The average Bonchev–Trinajstić information content (AvgIpc) is 2.44. The molecule has 0 heterocycles. The van der Waals surface area contributed by atoms with Crippen molar-refractivity contribution in [3.63, 3.8) is 0 Å². The van der Waals surface area contributed by atoms with Gasteiger partial charge in [-0.05, 0) is 39.0 Å². The quantitative estimate of drug-likeness (QED) is 0.785. The molecular formula is C16H15BrF2O. The van der Waals surface area contributed by atoms with E-state index in [1.807, 2.05) is 12.1 Å². The second-order valence-electron chi connectivity index (χ2n) is 4.99. The molecule has 1 N–H and O–H groups in total. The normalized spacial score (nSPS) is 12.8. The first kappa shape index (κ1) is 15.1. The molecule has 106 valence electrons. The predicted octanol–water partition coefficient (Wildman–Crippen LogP) is 4.93. The Morgan fingerprint density at radius 2 is 1.50 bits per heavy atom. The second kappa shape index (κ2) is 6.02. The van der Waals surface area contributed by atoms with Crippen molar-refractivity contribution >= 4 is 15.9 Å². The van der Waals surface area contributed by atoms with Crippen LogP contribution >= 0.6 is 15.9 Å². The summed E-state index contributed by atoms with van der Waals surface area (Å²) in [6.45, 7) is 4.16. The lowest BCUT2D eigenvalue weighted by Crippen LogP contribution is -2.03. The van der Waals surface area contributed by atoms with E-state index in [1.54, 1.807) is 12.1 Å². The lowest BCUT2D eigenvalue weighted by Gasteiger charge is -2.15. The molecule has 0 saturated carbocycles. The molecule has 20 heavy (non-hydrogen) atoms. The third kappa shape index (κ3) is 2.91. The van der Waals surface area contributed by atoms with Crippen molar-refractivity contribution in [1.82, 2.24) is 0 Å². The first-order valence-corrected chi connectivity index (χ1v) is 7.12. The van der Waals surface area contributed by atoms with E-state index in [4.69, 9.17) is 0 Å². The van der Waals surface area contributed by atoms with Gasteiger partial charge in [0.15, 0.2) is 11.6 Å². The monoisotopic (exact) mass is 340 g/mol. The van der Waals surface area contributed by atoms with E-state index in [0.29, 0.717) is 17.0 Å². The number of hydrogen-bond donors (Lipinski definition) is 1. The molecule has 1 nitrogen and oxygen atoms in total. The van der Waals surface area contributed by atoms with Gasteiger partial charge >= 0.3 is 0 Å². The Morgan fingerprint density at radius 3 is 2.05 bits per heavy atom. The molecular weight excluding hydrogens is 326 g/mol. The highest BCUT2D eigenvalue weighted by Gasteiger charge is 2.18. The number of halogens is 3. The van der Waals surface area contributed by atoms with Gasteiger partial charge in [-0.2, -0.15) is 0 Å². The summed E-state index contributed by atoms with van der Waals surface area (Å²) in [6.07, 6.45) is -0.999. The third-order valence-electron chi connectivity index (χ3n) is 3.28. The summed E-state index contributed by atoms with van der Waals surface area (Å²) in [5, 5.41) is 10.3. The van der Waals surface area contributed by atoms with Gasteiger partial charge in [0.1, 0.15) is 6.10 Å². The summed E-state index contributed by atoms with van der Waals surface area (Å²) in [6, 6.07) is 9.85. The fourth-order valence-corrected chi connectivity index (χ4v) is 2.53. The molecule has 1 atom stereocenters. The lowest BCUT2D eigenvalue weighted by molar-refractivity contribution is 0.218. The zero-order valence-electron chi connectivity index (χ0n) is 11.2. The Balaban J connectivity index is 2.36. The Labute approximate surface area is 125 Å². The molecule has 2 rings (SSSR count). The number of aliphatic hydroxyl groups excluding tert-OH is 1. The van der Waals surface area contributed by atoms with Crippen molar-refractivity contribution in [2.45, 2.75) is 25.9 Å². The number of aliphatic hydroxyl groups is 1. The van der Waals surface area contributed by atoms with E-state index in [2.05, 4.69) is 29.8 Å². The van der Waals surface area contributed by atoms with Gasteiger partial charge < -0.3 is 5.11 Å². The van der Waals surface area contributed by atoms with Crippen LogP contribution in [0.3, 0.4) is 0 Å². The highest BCUT2D eigenvalue weighted by Crippen LogP contribution is 2.32. The van der Waals surface area contributed by atoms with Crippen molar-refractivity contribution in [3.8, 4) is 0 Å². The van der Waals surface area contributed by atoms with Gasteiger partial charge in [0, 0.05) is 5.56 Å². The van der Waals surface area contributed by atoms with Crippen LogP contribution in [-0.4, -0.2) is 5.11 Å². The third-order valence-corrected chi connectivity index (χ3v) is 4.08. The zero-order valence-corrected chi connectivity index (χ0v) is 12.8. The molecule has 2 aromatic carbocycles. The minimum absolute atomic E-state index is 0.0436. The largest absolute Gasteiger partial charge is 0.384 e. The second-order valence-corrected chi connectivity index (χ2v) is 5.78. The smallest absolute Gasteiger partial charge is 0.173 e. The lowest BCUT2D eigenvalue weighted by atomic mass is 9.97. The van der Waals surface area contributed by atoms with Crippen molar-refractivity contribution in [2.24, 2.45) is 0 Å². The molecule has 1 unspecified atom stereocenters. The molecule has 2 aromatic rings. The number of hydrogen-bond acceptors (Lipinski definition) is 1. The summed E-state index contributed by atoms with van der Waals surface area (Å²) in [5.74, 6) is -1.53. The summed E-state index contributed by atoms with van der Waals surface area (Å²) < 4.78 is 26.5. The van der Waals surface area contributed by atoms with Crippen LogP contribution < -0.4 is 0 Å². The zero-order chi connectivity index (χ0) is 14.9. The van der Waals surface area contributed by atoms with Crippen LogP contribution in [0.25, 0.3) is 0 Å². The molecule has 0 saturated heterocycles. The van der Waals surface area contributed by atoms with E-state index in [1.165, 1.54) is 6.07 Å². The van der Waals surface area contributed by atoms with Crippen LogP contribution in [0.4, 0.5) is 8.78 Å². The Kier molecular flexibility index (Phi) is 4.55. The maximum Gasteiger partial charge on any atom is 0.173 e. The fraction of sp³-hybridized carbons (Fsp3) is 0.250. The van der Waals surface area contributed by atoms with E-state index < -0.39 is 17.7 Å². The number of rotatable bonds is 3. The number of benzene rings is 2. The molecule has 0 aliphatic rings. The van der Waals surface area contributed by atoms with Crippen LogP contribution in [0.2, 0.25) is 0 Å². The highest BCUT2D eigenvalue weighted by molar-refractivity contribution is 9.10. The fourth-order valence-electron chi connectivity index (χ4n) is 1.99. The average molecular weight is 341 g/mol. The predicted molar refractivity (Wildman–Crippen MR) is 78.7 cm³/mol. The van der Waals surface area contributed by atoms with Crippen LogP contribution in [0.5, 0.6) is 0 Å². The molecule has 0 radical (unpaired) electrons. The summed E-state index contributed by atoms with van der Waals surface area (Å²) in [7, 11) is 0. The van der Waals surface area contributed by atoms with Crippen LogP contribution in [0.15, 0.2) is 40.9 Å². The van der Waals surface area contributed by atoms with Crippen molar-refractivity contribution < 1.29 is 13.9 Å². The molecule has 4 heteroatoms. The van der Waals surface area contributed by atoms with E-state index >= 15 is 0 Å². The first-order chi connectivity index (χ1) is 9.41. The van der Waals surface area contributed by atoms with Gasteiger partial charge in [-0.15, -0.1) is 0 Å². The maximum absolute atomic E-state index is 13.5. The van der Waals surface area contributed by atoms with Crippen molar-refractivity contribution in [1.29, 1.82) is 0 Å². The maximum atomic E-state index is 13.5. The summed E-state index contributed by atoms with van der Waals surface area (Å²) >= 11 is 2.99. The van der Waals surface area contributed by atoms with Crippen molar-refractivity contribution in [2.75, 3.05) is 0 Å². The van der Waals surface area contributed by atoms with E-state index in [9.17, 15) is 13.9 Å². The van der Waals surface area contributed by atoms with Gasteiger partial charge in [-0.1, -0.05) is 44.2 Å². The van der Waals surface area contributed by atoms with Crippen LogP contribution in [0, 0.1) is 11.6 Å².